The molecule has 0 bridgehead atoms. The van der Waals surface area contributed by atoms with Crippen molar-refractivity contribution in [3.8, 4) is 0 Å². The third-order valence-corrected chi connectivity index (χ3v) is 3.92. The molecule has 1 aliphatic heterocycles. The highest BCUT2D eigenvalue weighted by Gasteiger charge is 2.30. The molecular weight excluding hydrogens is 317 g/mol. The van der Waals surface area contributed by atoms with Crippen LogP contribution in [0.1, 0.15) is 24.0 Å². The third-order valence-electron chi connectivity index (χ3n) is 3.58. The van der Waals surface area contributed by atoms with Crippen molar-refractivity contribution < 1.29 is 18.0 Å². The Hall–Kier alpha value is -1.53. The van der Waals surface area contributed by atoms with E-state index in [2.05, 4.69) is 0 Å². The summed E-state index contributed by atoms with van der Waals surface area (Å²) < 4.78 is 38.0. The number of rotatable bonds is 2. The van der Waals surface area contributed by atoms with Gasteiger partial charge >= 0.3 is 6.18 Å². The minimum absolute atomic E-state index is 0.103. The Morgan fingerprint density at radius 1 is 1.32 bits per heavy atom. The predicted molar refractivity (Wildman–Crippen MR) is 79.3 cm³/mol. The number of nitrogens with zero attached hydrogens (tertiary/aromatic N) is 1. The van der Waals surface area contributed by atoms with E-state index in [0.29, 0.717) is 13.1 Å². The molecule has 22 heavy (non-hydrogen) atoms. The maximum atomic E-state index is 12.7. The normalized spacial score (nSPS) is 17.2. The lowest BCUT2D eigenvalue weighted by Crippen LogP contribution is -2.42. The topological polar surface area (TPSA) is 46.3 Å². The number of likely N-dealkylation sites (tertiary alicyclic amines) is 1. The molecule has 1 aliphatic rings. The summed E-state index contributed by atoms with van der Waals surface area (Å²) >= 11 is 5.87. The van der Waals surface area contributed by atoms with Gasteiger partial charge in [-0.3, -0.25) is 4.79 Å². The van der Waals surface area contributed by atoms with Gasteiger partial charge in [0.2, 0.25) is 5.91 Å². The summed E-state index contributed by atoms with van der Waals surface area (Å²) in [6.45, 7) is 1.11. The third kappa shape index (κ3) is 4.24. The lowest BCUT2D eigenvalue weighted by molar-refractivity contribution is -0.137. The Kier molecular flexibility index (Phi) is 5.13. The monoisotopic (exact) mass is 332 g/mol. The minimum atomic E-state index is -4.44. The number of hydrogen-bond acceptors (Lipinski definition) is 2. The van der Waals surface area contributed by atoms with Crippen LogP contribution in [0.3, 0.4) is 0 Å². The second-order valence-electron chi connectivity index (χ2n) is 5.23. The first kappa shape index (κ1) is 16.8. The number of nitrogens with two attached hydrogens (primary N) is 1. The van der Waals surface area contributed by atoms with Crippen molar-refractivity contribution in [1.82, 2.24) is 4.90 Å². The zero-order valence-corrected chi connectivity index (χ0v) is 12.5. The SMILES string of the molecule is NC1CCN(C(=O)C=Cc2cc(C(F)(F)F)ccc2Cl)CC1. The molecule has 120 valence electrons. The van der Waals surface area contributed by atoms with Gasteiger partial charge < -0.3 is 10.6 Å². The van der Waals surface area contributed by atoms with E-state index in [4.69, 9.17) is 17.3 Å². The summed E-state index contributed by atoms with van der Waals surface area (Å²) in [5.74, 6) is -0.250. The summed E-state index contributed by atoms with van der Waals surface area (Å²) in [4.78, 5) is 13.6. The molecule has 0 saturated carbocycles. The average molecular weight is 333 g/mol. The van der Waals surface area contributed by atoms with E-state index in [1.807, 2.05) is 0 Å². The van der Waals surface area contributed by atoms with Gasteiger partial charge in [0.1, 0.15) is 0 Å². The number of hydrogen-bond donors (Lipinski definition) is 1. The highest BCUT2D eigenvalue weighted by Crippen LogP contribution is 2.32. The van der Waals surface area contributed by atoms with Gasteiger partial charge in [-0.15, -0.1) is 0 Å². The van der Waals surface area contributed by atoms with E-state index in [1.54, 1.807) is 4.90 Å². The maximum absolute atomic E-state index is 12.7. The molecule has 0 unspecified atom stereocenters. The molecule has 2 rings (SSSR count). The van der Waals surface area contributed by atoms with E-state index in [0.717, 1.165) is 25.0 Å². The van der Waals surface area contributed by atoms with Gasteiger partial charge in [0.05, 0.1) is 5.56 Å². The Balaban J connectivity index is 2.11. The van der Waals surface area contributed by atoms with E-state index < -0.39 is 11.7 Å². The molecule has 0 aliphatic carbocycles. The Morgan fingerprint density at radius 3 is 2.55 bits per heavy atom. The van der Waals surface area contributed by atoms with Crippen LogP contribution >= 0.6 is 11.6 Å². The number of piperidine rings is 1. The highest BCUT2D eigenvalue weighted by molar-refractivity contribution is 6.32. The predicted octanol–water partition coefficient (Wildman–Crippen LogP) is 3.32. The van der Waals surface area contributed by atoms with Gasteiger partial charge in [0.25, 0.3) is 0 Å². The first-order chi connectivity index (χ1) is 10.3. The van der Waals surface area contributed by atoms with Crippen LogP contribution in [0.15, 0.2) is 24.3 Å². The van der Waals surface area contributed by atoms with Crippen molar-refractivity contribution in [3.63, 3.8) is 0 Å². The van der Waals surface area contributed by atoms with Crippen LogP contribution in [0.2, 0.25) is 5.02 Å². The summed E-state index contributed by atoms with van der Waals surface area (Å²) in [7, 11) is 0. The van der Waals surface area contributed by atoms with E-state index in [1.165, 1.54) is 18.2 Å². The largest absolute Gasteiger partial charge is 0.416 e. The van der Waals surface area contributed by atoms with E-state index >= 15 is 0 Å². The second-order valence-corrected chi connectivity index (χ2v) is 5.64. The standard InChI is InChI=1S/C15H16ClF3N2O/c16-13-3-2-11(15(17,18)19)9-10(13)1-4-14(22)21-7-5-12(20)6-8-21/h1-4,9,12H,5-8,20H2. The van der Waals surface area contributed by atoms with Gasteiger partial charge in [-0.2, -0.15) is 13.2 Å². The van der Waals surface area contributed by atoms with Crippen molar-refractivity contribution in [2.24, 2.45) is 5.73 Å². The van der Waals surface area contributed by atoms with Gasteiger partial charge in [0.15, 0.2) is 0 Å². The molecule has 1 saturated heterocycles. The molecule has 0 aromatic heterocycles. The molecule has 0 spiro atoms. The molecule has 3 nitrogen and oxygen atoms in total. The molecule has 7 heteroatoms. The van der Waals surface area contributed by atoms with Crippen LogP contribution in [-0.4, -0.2) is 29.9 Å². The molecule has 0 atom stereocenters. The Morgan fingerprint density at radius 2 is 1.95 bits per heavy atom. The lowest BCUT2D eigenvalue weighted by atomic mass is 10.1. The maximum Gasteiger partial charge on any atom is 0.416 e. The van der Waals surface area contributed by atoms with Crippen LogP contribution in [0.4, 0.5) is 13.2 Å². The van der Waals surface area contributed by atoms with E-state index in [9.17, 15) is 18.0 Å². The fourth-order valence-electron chi connectivity index (χ4n) is 2.23. The number of carbonyl (C=O) groups is 1. The average Bonchev–Trinajstić information content (AvgIpc) is 2.45. The molecule has 1 fully saturated rings. The molecule has 1 amide bonds. The van der Waals surface area contributed by atoms with Gasteiger partial charge in [-0.1, -0.05) is 11.6 Å². The molecule has 0 radical (unpaired) electrons. The molecular formula is C15H16ClF3N2O. The smallest absolute Gasteiger partial charge is 0.339 e. The quantitative estimate of drug-likeness (QED) is 0.844. The minimum Gasteiger partial charge on any atom is -0.339 e. The summed E-state index contributed by atoms with van der Waals surface area (Å²) in [6.07, 6.45) is -0.430. The van der Waals surface area contributed by atoms with Crippen molar-refractivity contribution >= 4 is 23.6 Å². The molecule has 1 heterocycles. The number of alkyl halides is 3. The zero-order chi connectivity index (χ0) is 16.3. The number of benzene rings is 1. The summed E-state index contributed by atoms with van der Waals surface area (Å²) in [6, 6.07) is 3.12. The fraction of sp³-hybridized carbons (Fsp3) is 0.400. The number of carbonyl (C=O) groups excluding carboxylic acids is 1. The summed E-state index contributed by atoms with van der Waals surface area (Å²) in [5, 5.41) is 0.165. The molecule has 1 aromatic carbocycles. The van der Waals surface area contributed by atoms with Crippen LogP contribution in [0.25, 0.3) is 6.08 Å². The first-order valence-corrected chi connectivity index (χ1v) is 7.24. The molecule has 1 aromatic rings. The second kappa shape index (κ2) is 6.71. The van der Waals surface area contributed by atoms with E-state index in [-0.39, 0.29) is 22.5 Å². The van der Waals surface area contributed by atoms with Crippen molar-refractivity contribution in [2.45, 2.75) is 25.1 Å². The van der Waals surface area contributed by atoms with Crippen LogP contribution in [-0.2, 0) is 11.0 Å². The lowest BCUT2D eigenvalue weighted by Gasteiger charge is -2.29. The van der Waals surface area contributed by atoms with Crippen LogP contribution < -0.4 is 5.73 Å². The Bertz CT molecular complexity index is 579. The first-order valence-electron chi connectivity index (χ1n) is 6.86. The highest BCUT2D eigenvalue weighted by atomic mass is 35.5. The van der Waals surface area contributed by atoms with Gasteiger partial charge in [-0.25, -0.2) is 0 Å². The van der Waals surface area contributed by atoms with Crippen molar-refractivity contribution in [1.29, 1.82) is 0 Å². The summed E-state index contributed by atoms with van der Waals surface area (Å²) in [5.41, 5.74) is 5.13. The van der Waals surface area contributed by atoms with Crippen molar-refractivity contribution in [2.75, 3.05) is 13.1 Å². The van der Waals surface area contributed by atoms with Crippen LogP contribution in [0, 0.1) is 0 Å². The van der Waals surface area contributed by atoms with Gasteiger partial charge in [-0.05, 0) is 42.7 Å². The molecule has 2 N–H and O–H groups in total. The van der Waals surface area contributed by atoms with Crippen LogP contribution in [0.5, 0.6) is 0 Å². The Labute approximate surface area is 131 Å². The van der Waals surface area contributed by atoms with Crippen molar-refractivity contribution in [3.05, 3.63) is 40.4 Å². The number of halogens is 4. The zero-order valence-electron chi connectivity index (χ0n) is 11.7. The van der Waals surface area contributed by atoms with Gasteiger partial charge in [0, 0.05) is 30.2 Å². The fourth-order valence-corrected chi connectivity index (χ4v) is 2.41. The number of amides is 1.